The number of aromatic nitrogens is 1. The minimum Gasteiger partial charge on any atom is -0.768 e. The predicted molar refractivity (Wildman–Crippen MR) is 31.4 cm³/mol. The average Bonchev–Trinajstić information content (AvgIpc) is 1.88. The maximum atomic E-state index is 12.2. The minimum atomic E-state index is -2.39. The summed E-state index contributed by atoms with van der Waals surface area (Å²) in [7, 11) is 0. The van der Waals surface area contributed by atoms with Gasteiger partial charge in [-0.2, -0.15) is 0 Å². The van der Waals surface area contributed by atoms with E-state index in [1.807, 2.05) is 0 Å². The Kier molecular flexibility index (Phi) is 2.08. The van der Waals surface area contributed by atoms with Crippen LogP contribution in [0.25, 0.3) is 0 Å². The molecular weight excluding hydrogens is 157 g/mol. The van der Waals surface area contributed by atoms with Gasteiger partial charge < -0.3 is 4.55 Å². The normalized spacial score (nSPS) is 13.0. The minimum absolute atomic E-state index is 0.139. The molecule has 0 aliphatic carbocycles. The number of pyridine rings is 1. The first-order chi connectivity index (χ1) is 4.70. The first-order valence-electron chi connectivity index (χ1n) is 2.40. The van der Waals surface area contributed by atoms with E-state index in [1.54, 1.807) is 0 Å². The summed E-state index contributed by atoms with van der Waals surface area (Å²) in [6, 6.07) is 0.899. The summed E-state index contributed by atoms with van der Waals surface area (Å²) in [5.74, 6) is -0.651. The van der Waals surface area contributed by atoms with Crippen LogP contribution in [0.4, 0.5) is 4.39 Å². The number of nitrogens with zero attached hydrogens (tertiary/aromatic N) is 1. The maximum absolute atomic E-state index is 12.2. The van der Waals surface area contributed by atoms with Crippen LogP contribution < -0.4 is 0 Å². The van der Waals surface area contributed by atoms with Crippen molar-refractivity contribution in [3.8, 4) is 0 Å². The van der Waals surface area contributed by atoms with Gasteiger partial charge in [-0.05, 0) is 17.1 Å². The van der Waals surface area contributed by atoms with Gasteiger partial charge in [0.1, 0.15) is 5.82 Å². The van der Waals surface area contributed by atoms with E-state index in [0.29, 0.717) is 0 Å². The van der Waals surface area contributed by atoms with E-state index in [9.17, 15) is 13.2 Å². The molecule has 0 aromatic carbocycles. The van der Waals surface area contributed by atoms with Crippen LogP contribution in [0.15, 0.2) is 23.4 Å². The summed E-state index contributed by atoms with van der Waals surface area (Å²) in [4.78, 5) is 3.20. The van der Waals surface area contributed by atoms with Crippen LogP contribution in [0, 0.1) is 5.82 Å². The van der Waals surface area contributed by atoms with E-state index in [2.05, 4.69) is 4.98 Å². The van der Waals surface area contributed by atoms with Crippen molar-refractivity contribution in [2.75, 3.05) is 0 Å². The maximum Gasteiger partial charge on any atom is 0.142 e. The monoisotopic (exact) mass is 160 g/mol. The van der Waals surface area contributed by atoms with Crippen LogP contribution >= 0.6 is 0 Å². The Hall–Kier alpha value is -0.810. The van der Waals surface area contributed by atoms with Gasteiger partial charge in [0.2, 0.25) is 0 Å². The Labute approximate surface area is 59.2 Å². The fourth-order valence-electron chi connectivity index (χ4n) is 0.484. The molecule has 0 aliphatic rings. The molecule has 0 bridgehead atoms. The molecule has 54 valence electrons. The number of hydrogen-bond acceptors (Lipinski definition) is 3. The second kappa shape index (κ2) is 2.85. The molecule has 0 saturated heterocycles. The highest BCUT2D eigenvalue weighted by Gasteiger charge is 1.93. The Morgan fingerprint density at radius 2 is 2.30 bits per heavy atom. The quantitative estimate of drug-likeness (QED) is 0.561. The van der Waals surface area contributed by atoms with Gasteiger partial charge >= 0.3 is 0 Å². The van der Waals surface area contributed by atoms with E-state index < -0.39 is 16.9 Å². The third-order valence-corrected chi connectivity index (χ3v) is 1.48. The third kappa shape index (κ3) is 1.58. The van der Waals surface area contributed by atoms with Gasteiger partial charge in [-0.15, -0.1) is 0 Å². The summed E-state index contributed by atoms with van der Waals surface area (Å²) < 4.78 is 32.5. The van der Waals surface area contributed by atoms with E-state index in [1.165, 1.54) is 0 Å². The second-order valence-electron chi connectivity index (χ2n) is 1.57. The Morgan fingerprint density at radius 3 is 2.70 bits per heavy atom. The zero-order valence-electron chi connectivity index (χ0n) is 4.78. The molecule has 1 aromatic rings. The summed E-state index contributed by atoms with van der Waals surface area (Å²) in [5.41, 5.74) is 0. The van der Waals surface area contributed by atoms with E-state index in [0.717, 1.165) is 18.5 Å². The van der Waals surface area contributed by atoms with Crippen molar-refractivity contribution in [2.45, 2.75) is 4.90 Å². The van der Waals surface area contributed by atoms with Gasteiger partial charge in [0.15, 0.2) is 0 Å². The molecule has 0 N–H and O–H groups in total. The van der Waals surface area contributed by atoms with E-state index in [-0.39, 0.29) is 4.90 Å². The SMILES string of the molecule is O=S([O-])c1cncc(F)c1. The molecule has 5 heteroatoms. The van der Waals surface area contributed by atoms with Crippen LogP contribution in [0.5, 0.6) is 0 Å². The van der Waals surface area contributed by atoms with Gasteiger partial charge in [0.25, 0.3) is 0 Å². The summed E-state index contributed by atoms with van der Waals surface area (Å²) in [6.07, 6.45) is 2.02. The van der Waals surface area contributed by atoms with E-state index >= 15 is 0 Å². The highest BCUT2D eigenvalue weighted by molar-refractivity contribution is 7.79. The topological polar surface area (TPSA) is 53.0 Å². The molecule has 1 heterocycles. The zero-order chi connectivity index (χ0) is 7.56. The van der Waals surface area contributed by atoms with Crippen molar-refractivity contribution in [3.63, 3.8) is 0 Å². The lowest BCUT2D eigenvalue weighted by atomic mass is 10.5. The smallest absolute Gasteiger partial charge is 0.142 e. The Balaban J connectivity index is 3.07. The van der Waals surface area contributed by atoms with Crippen molar-refractivity contribution in [1.82, 2.24) is 4.98 Å². The predicted octanol–water partition coefficient (Wildman–Crippen LogP) is 0.459. The standard InChI is InChI=1S/C5H4FNO2S/c6-4-1-5(10(8)9)3-7-2-4/h1-3H,(H,8,9)/p-1. The van der Waals surface area contributed by atoms with Gasteiger partial charge in [-0.3, -0.25) is 9.19 Å². The van der Waals surface area contributed by atoms with Crippen molar-refractivity contribution in [3.05, 3.63) is 24.3 Å². The van der Waals surface area contributed by atoms with Crippen LogP contribution in [0.3, 0.4) is 0 Å². The van der Waals surface area contributed by atoms with Gasteiger partial charge in [0, 0.05) is 11.1 Å². The number of rotatable bonds is 1. The lowest BCUT2D eigenvalue weighted by molar-refractivity contribution is 0.534. The highest BCUT2D eigenvalue weighted by atomic mass is 32.2. The Bertz CT molecular complexity index is 266. The van der Waals surface area contributed by atoms with E-state index in [4.69, 9.17) is 0 Å². The molecule has 10 heavy (non-hydrogen) atoms. The molecule has 1 aromatic heterocycles. The van der Waals surface area contributed by atoms with Crippen LogP contribution in [0.2, 0.25) is 0 Å². The molecule has 0 amide bonds. The average molecular weight is 160 g/mol. The van der Waals surface area contributed by atoms with Crippen molar-refractivity contribution >= 4 is 11.1 Å². The van der Waals surface area contributed by atoms with Crippen molar-refractivity contribution in [1.29, 1.82) is 0 Å². The lowest BCUT2D eigenvalue weighted by Crippen LogP contribution is -1.90. The molecule has 3 nitrogen and oxygen atoms in total. The summed E-state index contributed by atoms with van der Waals surface area (Å²) >= 11 is -2.39. The molecule has 0 radical (unpaired) electrons. The van der Waals surface area contributed by atoms with Crippen LogP contribution in [0.1, 0.15) is 0 Å². The van der Waals surface area contributed by atoms with Gasteiger partial charge in [-0.1, -0.05) is 0 Å². The molecule has 0 fully saturated rings. The van der Waals surface area contributed by atoms with Gasteiger partial charge in [-0.25, -0.2) is 4.39 Å². The van der Waals surface area contributed by atoms with Gasteiger partial charge in [0.05, 0.1) is 6.20 Å². The molecule has 0 spiro atoms. The molecule has 1 atom stereocenters. The largest absolute Gasteiger partial charge is 0.768 e. The highest BCUT2D eigenvalue weighted by Crippen LogP contribution is 2.03. The first-order valence-corrected chi connectivity index (χ1v) is 3.47. The molecule has 0 saturated carbocycles. The third-order valence-electron chi connectivity index (χ3n) is 0.872. The van der Waals surface area contributed by atoms with Crippen molar-refractivity contribution < 1.29 is 13.2 Å². The zero-order valence-corrected chi connectivity index (χ0v) is 5.60. The lowest BCUT2D eigenvalue weighted by Gasteiger charge is -2.01. The molecule has 1 rings (SSSR count). The fourth-order valence-corrected chi connectivity index (χ4v) is 0.839. The summed E-state index contributed by atoms with van der Waals surface area (Å²) in [6.45, 7) is 0. The number of hydrogen-bond donors (Lipinski definition) is 0. The molecular formula is C5H3FNO2S-. The van der Waals surface area contributed by atoms with Crippen LogP contribution in [-0.2, 0) is 11.1 Å². The molecule has 1 unspecified atom stereocenters. The second-order valence-corrected chi connectivity index (χ2v) is 2.51. The van der Waals surface area contributed by atoms with Crippen LogP contribution in [-0.4, -0.2) is 13.7 Å². The summed E-state index contributed by atoms with van der Waals surface area (Å²) in [5, 5.41) is 0. The van der Waals surface area contributed by atoms with Crippen molar-refractivity contribution in [2.24, 2.45) is 0 Å². The fraction of sp³-hybridized carbons (Fsp3) is 0. The first kappa shape index (κ1) is 7.30. The Morgan fingerprint density at radius 1 is 1.60 bits per heavy atom. The molecule has 0 aliphatic heterocycles. The number of halogens is 1.